The number of carbonyl (C=O) groups excluding carboxylic acids is 2. The summed E-state index contributed by atoms with van der Waals surface area (Å²) < 4.78 is 25.1. The Bertz CT molecular complexity index is 5170. The third kappa shape index (κ3) is 13.5. The van der Waals surface area contributed by atoms with Crippen LogP contribution in [0.2, 0.25) is 5.02 Å². The van der Waals surface area contributed by atoms with E-state index in [2.05, 4.69) is 69.3 Å². The van der Waals surface area contributed by atoms with Gasteiger partial charge in [0.05, 0.1) is 81.9 Å². The van der Waals surface area contributed by atoms with Crippen LogP contribution in [0.1, 0.15) is 104 Å². The number of hydrogen-bond acceptors (Lipinski definition) is 28. The quantitative estimate of drug-likeness (QED) is 0.0882. The number of carbonyl (C=O) groups is 2. The third-order valence-electron chi connectivity index (χ3n) is 16.0. The maximum Gasteiger partial charge on any atom is 0.310 e. The first kappa shape index (κ1) is 70.2. The van der Waals surface area contributed by atoms with E-state index >= 15 is 0 Å². The molecule has 0 amide bonds. The van der Waals surface area contributed by atoms with Gasteiger partial charge < -0.3 is 47.0 Å². The Balaban J connectivity index is 0.000000132. The maximum atomic E-state index is 12.4. The molecule has 1 aromatic carbocycles. The van der Waals surface area contributed by atoms with Crippen molar-refractivity contribution in [2.45, 2.75) is 64.8 Å². The summed E-state index contributed by atoms with van der Waals surface area (Å²) in [5.41, 5.74) is 36.4. The average Bonchev–Trinajstić information content (AvgIpc) is 1.63. The van der Waals surface area contributed by atoms with Gasteiger partial charge in [-0.1, -0.05) is 50.6 Å². The van der Waals surface area contributed by atoms with Gasteiger partial charge in [-0.05, 0) is 103 Å². The number of furan rings is 2. The molecule has 29 heteroatoms. The molecule has 19 nitrogen and oxygen atoms in total. The van der Waals surface area contributed by atoms with Crippen LogP contribution in [0.3, 0.4) is 0 Å². The zero-order valence-electron chi connectivity index (χ0n) is 51.8. The van der Waals surface area contributed by atoms with Crippen LogP contribution in [0.5, 0.6) is 0 Å². The monoisotopic (exact) mass is 1470 g/mol. The van der Waals surface area contributed by atoms with Crippen molar-refractivity contribution in [2.75, 3.05) is 36.1 Å². The second-order valence-electron chi connectivity index (χ2n) is 22.5. The normalized spacial score (nSPS) is 16.6. The van der Waals surface area contributed by atoms with Crippen molar-refractivity contribution in [3.05, 3.63) is 134 Å². The molecule has 14 rings (SSSR count). The Morgan fingerprint density at radius 3 is 1.41 bits per heavy atom. The molecule has 486 valence electrons. The van der Waals surface area contributed by atoms with Gasteiger partial charge in [-0.25, -0.2) is 0 Å². The number of nitrogens with two attached hydrogens (primary N) is 5. The summed E-state index contributed by atoms with van der Waals surface area (Å²) >= 11 is 18.4. The van der Waals surface area contributed by atoms with Gasteiger partial charge in [0, 0.05) is 54.5 Å². The van der Waals surface area contributed by atoms with Crippen LogP contribution >= 0.6 is 114 Å². The molecule has 2 aliphatic rings. The second-order valence-corrected chi connectivity index (χ2v) is 33.1. The largest absolute Gasteiger partial charge is 0.469 e. The van der Waals surface area contributed by atoms with E-state index in [4.69, 9.17) is 79.6 Å². The number of halogens is 1. The molecular weight excluding hydrogens is 1420 g/mol. The zero-order valence-corrected chi connectivity index (χ0v) is 59.9. The van der Waals surface area contributed by atoms with E-state index < -0.39 is 0 Å². The average molecular weight is 1470 g/mol. The molecular formula is C68H52ClN13O6S9. The van der Waals surface area contributed by atoms with Crippen molar-refractivity contribution in [1.29, 1.82) is 42.1 Å². The first-order valence-corrected chi connectivity index (χ1v) is 37.0. The molecule has 97 heavy (non-hydrogen) atoms. The molecule has 0 spiro atoms. The fraction of sp³-hybridized carbons (Fsp3) is 0.235. The van der Waals surface area contributed by atoms with Crippen LogP contribution in [0.4, 0.5) is 22.7 Å². The number of anilines is 4. The second kappa shape index (κ2) is 29.8. The molecule has 0 aliphatic heterocycles. The Labute approximate surface area is 596 Å². The summed E-state index contributed by atoms with van der Waals surface area (Å²) in [6, 6.07) is 35.2. The Hall–Kier alpha value is -9.57. The predicted molar refractivity (Wildman–Crippen MR) is 390 cm³/mol. The molecule has 6 unspecified atom stereocenters. The van der Waals surface area contributed by atoms with E-state index in [0.717, 1.165) is 70.5 Å². The molecule has 0 saturated heterocycles. The zero-order chi connectivity index (χ0) is 69.7. The minimum atomic E-state index is -0.330. The molecule has 10 N–H and O–H groups in total. The van der Waals surface area contributed by atoms with Crippen LogP contribution in [-0.4, -0.2) is 31.2 Å². The van der Waals surface area contributed by atoms with Crippen LogP contribution < -0.4 is 28.7 Å². The summed E-state index contributed by atoms with van der Waals surface area (Å²) in [6.07, 6.45) is 4.50. The van der Waals surface area contributed by atoms with Crippen molar-refractivity contribution in [2.24, 2.45) is 29.4 Å². The van der Waals surface area contributed by atoms with Crippen molar-refractivity contribution >= 4 is 186 Å². The number of hydrogen-bond donors (Lipinski definition) is 5. The fourth-order valence-electron chi connectivity index (χ4n) is 12.1. The minimum Gasteiger partial charge on any atom is -0.469 e. The third-order valence-corrected chi connectivity index (χ3v) is 26.3. The lowest BCUT2D eigenvalue weighted by molar-refractivity contribution is -0.149. The molecule has 2 saturated carbocycles. The van der Waals surface area contributed by atoms with Gasteiger partial charge in [0.1, 0.15) is 99.1 Å². The highest BCUT2D eigenvalue weighted by Crippen LogP contribution is 2.57. The number of ether oxygens (including phenoxy) is 2. The number of thiophene rings is 9. The Morgan fingerprint density at radius 2 is 0.959 bits per heavy atom. The molecule has 2 fully saturated rings. The van der Waals surface area contributed by atoms with Gasteiger partial charge in [-0.15, -0.1) is 102 Å². The standard InChI is InChI=1S/C18H25NO5.C14H6ClN3S2.C12H5N3OS2.C12H5N3S3.C12H11N3S2/c1-3-22-17(20)11-8-10-9-12(18(21)23-4-2)16(19)14(10)15(11)13-6-5-7-24-13;15-8-3-1-7(2-4-8)11-9(5-16)19-14-12(11)13(18)10(6-17)20-14;2*13-4-7-9(6-2-1-3-16-6)10-11(15)8(5-14)18-12(10)17-7;1-12(2,3)9-6(4-13)16-11-8(9)10(15)7(5-14)17-11/h5-7,10-12,14-16H,3-4,8-9,19H2,1-2H3;1-4H,18H2;2*1-3H,15H2;15H2,1-3H3. The van der Waals surface area contributed by atoms with Gasteiger partial charge in [0.25, 0.3) is 0 Å². The summed E-state index contributed by atoms with van der Waals surface area (Å²) in [4.78, 5) is 30.2. The molecule has 2 aliphatic carbocycles. The number of nitriles is 8. The summed E-state index contributed by atoms with van der Waals surface area (Å²) in [6.45, 7) is 10.5. The van der Waals surface area contributed by atoms with E-state index in [1.165, 1.54) is 90.7 Å². The van der Waals surface area contributed by atoms with Crippen LogP contribution in [-0.2, 0) is 24.5 Å². The van der Waals surface area contributed by atoms with Crippen molar-refractivity contribution in [3.8, 4) is 81.4 Å². The van der Waals surface area contributed by atoms with Gasteiger partial charge in [-0.3, -0.25) is 9.59 Å². The highest BCUT2D eigenvalue weighted by Gasteiger charge is 2.58. The lowest BCUT2D eigenvalue weighted by Crippen LogP contribution is -2.39. The van der Waals surface area contributed by atoms with E-state index in [9.17, 15) is 30.6 Å². The van der Waals surface area contributed by atoms with Crippen molar-refractivity contribution in [1.82, 2.24) is 0 Å². The number of benzene rings is 1. The predicted octanol–water partition coefficient (Wildman–Crippen LogP) is 17.8. The smallest absolute Gasteiger partial charge is 0.310 e. The Morgan fingerprint density at radius 1 is 0.536 bits per heavy atom. The Kier molecular flexibility index (Phi) is 21.6. The summed E-state index contributed by atoms with van der Waals surface area (Å²) in [5, 5.41) is 78.8. The molecule has 11 aromatic heterocycles. The molecule has 12 aromatic rings. The summed E-state index contributed by atoms with van der Waals surface area (Å²) in [5.74, 6) is 0.448. The highest BCUT2D eigenvalue weighted by atomic mass is 35.5. The SMILES string of the molecule is CC(C)(C)c1c(C#N)sc2sc(C#N)c(N)c12.CCOC(=O)C1CC2CC(C(=O)OCC)C(c3ccco3)C2C1N.N#Cc1sc2sc(C#N)c(-c3ccc(Cl)cc3)c2c1N.N#Cc1sc2sc(C#N)c(-c3ccco3)c2c1N.N#Cc1sc2sc(C#N)c(-c3cccs3)c2c1N. The lowest BCUT2D eigenvalue weighted by Gasteiger charge is -2.26. The first-order chi connectivity index (χ1) is 46.6. The van der Waals surface area contributed by atoms with E-state index in [-0.39, 0.29) is 53.0 Å². The molecule has 11 heterocycles. The van der Waals surface area contributed by atoms with Gasteiger partial charge in [-0.2, -0.15) is 42.1 Å². The van der Waals surface area contributed by atoms with E-state index in [1.807, 2.05) is 41.8 Å². The van der Waals surface area contributed by atoms with E-state index in [1.54, 1.807) is 62.0 Å². The minimum absolute atomic E-state index is 0.0277. The van der Waals surface area contributed by atoms with Gasteiger partial charge in [0.15, 0.2) is 0 Å². The van der Waals surface area contributed by atoms with Crippen LogP contribution in [0, 0.1) is 114 Å². The lowest BCUT2D eigenvalue weighted by atomic mass is 9.82. The molecule has 0 radical (unpaired) electrons. The number of rotatable bonds is 8. The number of nitrogens with zero attached hydrogens (tertiary/aromatic N) is 8. The maximum absolute atomic E-state index is 12.4. The fourth-order valence-corrected chi connectivity index (χ4v) is 22.4. The van der Waals surface area contributed by atoms with Gasteiger partial charge in [0.2, 0.25) is 0 Å². The molecule has 0 bridgehead atoms. The number of nitrogen functional groups attached to an aromatic ring is 4. The summed E-state index contributed by atoms with van der Waals surface area (Å²) in [7, 11) is 0. The van der Waals surface area contributed by atoms with Crippen molar-refractivity contribution in [3.63, 3.8) is 0 Å². The first-order valence-electron chi connectivity index (χ1n) is 29.2. The highest BCUT2D eigenvalue weighted by molar-refractivity contribution is 7.41. The number of fused-ring (bicyclic) bond motifs is 5. The number of esters is 2. The van der Waals surface area contributed by atoms with Crippen LogP contribution in [0.15, 0.2) is 87.4 Å². The van der Waals surface area contributed by atoms with Crippen molar-refractivity contribution < 1.29 is 27.9 Å². The van der Waals surface area contributed by atoms with Crippen LogP contribution in [0.25, 0.3) is 70.5 Å². The van der Waals surface area contributed by atoms with E-state index in [0.29, 0.717) is 104 Å². The van der Waals surface area contributed by atoms with Gasteiger partial charge >= 0.3 is 11.9 Å². The topological polar surface area (TPSA) is 399 Å². The molecule has 6 atom stereocenters.